The van der Waals surface area contributed by atoms with Gasteiger partial charge in [0.15, 0.2) is 0 Å². The normalized spacial score (nSPS) is 12.4. The van der Waals surface area contributed by atoms with Crippen LogP contribution in [0.1, 0.15) is 12.0 Å². The summed E-state index contributed by atoms with van der Waals surface area (Å²) in [6.07, 6.45) is 3.64. The zero-order chi connectivity index (χ0) is 11.8. The van der Waals surface area contributed by atoms with E-state index in [1.807, 2.05) is 11.6 Å². The van der Waals surface area contributed by atoms with E-state index in [9.17, 15) is 4.79 Å². The van der Waals surface area contributed by atoms with Crippen LogP contribution in [0.4, 0.5) is 0 Å². The Morgan fingerprint density at radius 2 is 2.50 bits per heavy atom. The van der Waals surface area contributed by atoms with Crippen molar-refractivity contribution in [2.24, 2.45) is 5.73 Å². The molecule has 1 atom stereocenters. The summed E-state index contributed by atoms with van der Waals surface area (Å²) in [7, 11) is 0. The van der Waals surface area contributed by atoms with E-state index in [2.05, 4.69) is 16.8 Å². The van der Waals surface area contributed by atoms with Crippen LogP contribution in [0.5, 0.6) is 0 Å². The standard InChI is InChI=1S/C11H18N2OS2/c1-15-6-4-10(12)11(14)13-5-2-9-3-7-16-8-9/h3,7-8,10H,2,4-6,12H2,1H3,(H,13,14)/t10-/m0/s1. The van der Waals surface area contributed by atoms with Crippen LogP contribution in [0, 0.1) is 0 Å². The molecule has 90 valence electrons. The smallest absolute Gasteiger partial charge is 0.236 e. The summed E-state index contributed by atoms with van der Waals surface area (Å²) in [5, 5.41) is 7.00. The first-order valence-electron chi connectivity index (χ1n) is 5.27. The summed E-state index contributed by atoms with van der Waals surface area (Å²) in [4.78, 5) is 11.5. The van der Waals surface area contributed by atoms with Gasteiger partial charge in [-0.05, 0) is 47.2 Å². The topological polar surface area (TPSA) is 55.1 Å². The molecule has 0 aromatic carbocycles. The zero-order valence-electron chi connectivity index (χ0n) is 9.44. The summed E-state index contributed by atoms with van der Waals surface area (Å²) in [5.41, 5.74) is 7.01. The maximum absolute atomic E-state index is 11.5. The monoisotopic (exact) mass is 258 g/mol. The molecule has 1 aromatic heterocycles. The minimum absolute atomic E-state index is 0.0377. The highest BCUT2D eigenvalue weighted by Crippen LogP contribution is 2.05. The Labute approximate surface area is 105 Å². The Balaban J connectivity index is 2.14. The molecule has 0 radical (unpaired) electrons. The molecule has 1 amide bonds. The van der Waals surface area contributed by atoms with Gasteiger partial charge in [-0.3, -0.25) is 4.79 Å². The maximum Gasteiger partial charge on any atom is 0.236 e. The van der Waals surface area contributed by atoms with E-state index in [4.69, 9.17) is 5.73 Å². The Kier molecular flexibility index (Phi) is 6.52. The Hall–Kier alpha value is -0.520. The van der Waals surface area contributed by atoms with Gasteiger partial charge in [-0.15, -0.1) is 0 Å². The van der Waals surface area contributed by atoms with Gasteiger partial charge in [0.1, 0.15) is 0 Å². The number of nitrogens with two attached hydrogens (primary N) is 1. The summed E-state index contributed by atoms with van der Waals surface area (Å²) in [5.74, 6) is 0.892. The van der Waals surface area contributed by atoms with Crippen molar-refractivity contribution in [2.75, 3.05) is 18.6 Å². The molecule has 3 nitrogen and oxygen atoms in total. The number of amides is 1. The third-order valence-corrected chi connectivity index (χ3v) is 3.64. The Morgan fingerprint density at radius 1 is 1.69 bits per heavy atom. The molecule has 0 aliphatic heterocycles. The van der Waals surface area contributed by atoms with Gasteiger partial charge in [0.25, 0.3) is 0 Å². The maximum atomic E-state index is 11.5. The van der Waals surface area contributed by atoms with Crippen LogP contribution in [-0.2, 0) is 11.2 Å². The molecular weight excluding hydrogens is 240 g/mol. The van der Waals surface area contributed by atoms with Crippen molar-refractivity contribution in [3.63, 3.8) is 0 Å². The van der Waals surface area contributed by atoms with Gasteiger partial charge in [0.05, 0.1) is 6.04 Å². The average Bonchev–Trinajstić information content (AvgIpc) is 2.78. The van der Waals surface area contributed by atoms with Crippen molar-refractivity contribution < 1.29 is 4.79 Å². The second-order valence-corrected chi connectivity index (χ2v) is 5.33. The third kappa shape index (κ3) is 5.01. The van der Waals surface area contributed by atoms with E-state index in [0.717, 1.165) is 18.6 Å². The van der Waals surface area contributed by atoms with Gasteiger partial charge in [-0.2, -0.15) is 23.1 Å². The molecule has 0 unspecified atom stereocenters. The van der Waals surface area contributed by atoms with E-state index >= 15 is 0 Å². The van der Waals surface area contributed by atoms with Gasteiger partial charge in [0, 0.05) is 6.54 Å². The van der Waals surface area contributed by atoms with E-state index in [-0.39, 0.29) is 11.9 Å². The van der Waals surface area contributed by atoms with Crippen LogP contribution < -0.4 is 11.1 Å². The van der Waals surface area contributed by atoms with Crippen LogP contribution in [0.2, 0.25) is 0 Å². The lowest BCUT2D eigenvalue weighted by atomic mass is 10.2. The molecule has 1 heterocycles. The predicted octanol–water partition coefficient (Wildman–Crippen LogP) is 1.49. The highest BCUT2D eigenvalue weighted by Gasteiger charge is 2.11. The van der Waals surface area contributed by atoms with E-state index < -0.39 is 0 Å². The number of hydrogen-bond acceptors (Lipinski definition) is 4. The Bertz CT molecular complexity index is 301. The lowest BCUT2D eigenvalue weighted by Gasteiger charge is -2.11. The van der Waals surface area contributed by atoms with Crippen LogP contribution in [-0.4, -0.2) is 30.5 Å². The highest BCUT2D eigenvalue weighted by molar-refractivity contribution is 7.98. The molecule has 0 bridgehead atoms. The summed E-state index contributed by atoms with van der Waals surface area (Å²) in [6, 6.07) is 1.71. The number of nitrogens with one attached hydrogen (secondary N) is 1. The second-order valence-electron chi connectivity index (χ2n) is 3.56. The zero-order valence-corrected chi connectivity index (χ0v) is 11.1. The molecule has 0 aliphatic rings. The molecule has 0 saturated heterocycles. The molecule has 1 rings (SSSR count). The Morgan fingerprint density at radius 3 is 3.12 bits per heavy atom. The number of carbonyl (C=O) groups is 1. The molecule has 0 spiro atoms. The second kappa shape index (κ2) is 7.70. The van der Waals surface area contributed by atoms with Crippen molar-refractivity contribution in [1.29, 1.82) is 0 Å². The molecule has 1 aromatic rings. The first-order valence-corrected chi connectivity index (χ1v) is 7.61. The SMILES string of the molecule is CSCC[C@H](N)C(=O)NCCc1ccsc1. The van der Waals surface area contributed by atoms with Crippen LogP contribution in [0.3, 0.4) is 0 Å². The molecule has 16 heavy (non-hydrogen) atoms. The van der Waals surface area contributed by atoms with Crippen molar-refractivity contribution in [1.82, 2.24) is 5.32 Å². The molecule has 0 fully saturated rings. The van der Waals surface area contributed by atoms with Crippen molar-refractivity contribution in [2.45, 2.75) is 18.9 Å². The fourth-order valence-electron chi connectivity index (χ4n) is 1.27. The highest BCUT2D eigenvalue weighted by atomic mass is 32.2. The van der Waals surface area contributed by atoms with Crippen LogP contribution in [0.25, 0.3) is 0 Å². The molecule has 0 saturated carbocycles. The van der Waals surface area contributed by atoms with Crippen molar-refractivity contribution in [3.05, 3.63) is 22.4 Å². The minimum atomic E-state index is -0.366. The lowest BCUT2D eigenvalue weighted by Crippen LogP contribution is -2.41. The van der Waals surface area contributed by atoms with Crippen LogP contribution in [0.15, 0.2) is 16.8 Å². The molecule has 3 N–H and O–H groups in total. The first-order chi connectivity index (χ1) is 7.74. The largest absolute Gasteiger partial charge is 0.354 e. The number of carbonyl (C=O) groups excluding carboxylic acids is 1. The van der Waals surface area contributed by atoms with E-state index in [1.54, 1.807) is 23.1 Å². The fourth-order valence-corrected chi connectivity index (χ4v) is 2.46. The quantitative estimate of drug-likeness (QED) is 0.779. The van der Waals surface area contributed by atoms with Crippen LogP contribution >= 0.6 is 23.1 Å². The number of rotatable bonds is 7. The lowest BCUT2D eigenvalue weighted by molar-refractivity contribution is -0.122. The van der Waals surface area contributed by atoms with Gasteiger partial charge < -0.3 is 11.1 Å². The van der Waals surface area contributed by atoms with Gasteiger partial charge in [-0.1, -0.05) is 0 Å². The first kappa shape index (κ1) is 13.5. The number of thioether (sulfide) groups is 1. The average molecular weight is 258 g/mol. The van der Waals surface area contributed by atoms with Gasteiger partial charge in [-0.25, -0.2) is 0 Å². The van der Waals surface area contributed by atoms with Gasteiger partial charge >= 0.3 is 0 Å². The number of hydrogen-bond donors (Lipinski definition) is 2. The molecule has 0 aliphatic carbocycles. The summed E-state index contributed by atoms with van der Waals surface area (Å²) < 4.78 is 0. The number of thiophene rings is 1. The predicted molar refractivity (Wildman–Crippen MR) is 72.0 cm³/mol. The molecular formula is C11H18N2OS2. The third-order valence-electron chi connectivity index (χ3n) is 2.26. The van der Waals surface area contributed by atoms with Crippen molar-refractivity contribution >= 4 is 29.0 Å². The van der Waals surface area contributed by atoms with Gasteiger partial charge in [0.2, 0.25) is 5.91 Å². The van der Waals surface area contributed by atoms with E-state index in [1.165, 1.54) is 5.56 Å². The summed E-state index contributed by atoms with van der Waals surface area (Å²) >= 11 is 3.39. The summed E-state index contributed by atoms with van der Waals surface area (Å²) in [6.45, 7) is 0.669. The fraction of sp³-hybridized carbons (Fsp3) is 0.545. The van der Waals surface area contributed by atoms with Crippen molar-refractivity contribution in [3.8, 4) is 0 Å². The van der Waals surface area contributed by atoms with E-state index in [0.29, 0.717) is 6.54 Å². The minimum Gasteiger partial charge on any atom is -0.354 e. The molecule has 5 heteroatoms.